The molecule has 1 fully saturated rings. The average molecular weight is 523 g/mol. The van der Waals surface area contributed by atoms with E-state index in [-0.39, 0.29) is 14.9 Å². The van der Waals surface area contributed by atoms with Crippen LogP contribution in [0.2, 0.25) is 20.1 Å². The predicted octanol–water partition coefficient (Wildman–Crippen LogP) is 5.93. The zero-order chi connectivity index (χ0) is 21.5. The van der Waals surface area contributed by atoms with Gasteiger partial charge in [-0.25, -0.2) is 13.4 Å². The highest BCUT2D eigenvalue weighted by Gasteiger charge is 2.31. The Kier molecular flexibility index (Phi) is 6.51. The topological polar surface area (TPSA) is 53.5 Å². The number of halogens is 4. The summed E-state index contributed by atoms with van der Waals surface area (Å²) in [6, 6.07) is 9.90. The molecule has 11 heteroatoms. The molecule has 0 radical (unpaired) electrons. The molecule has 4 rings (SSSR count). The second kappa shape index (κ2) is 8.82. The first-order valence-corrected chi connectivity index (χ1v) is 12.7. The monoisotopic (exact) mass is 521 g/mol. The third kappa shape index (κ3) is 4.30. The fourth-order valence-corrected chi connectivity index (χ4v) is 6.72. The van der Waals surface area contributed by atoms with Crippen LogP contribution in [0.1, 0.15) is 0 Å². The summed E-state index contributed by atoms with van der Waals surface area (Å²) in [5, 5.41) is 4.11. The molecule has 1 aliphatic heterocycles. The summed E-state index contributed by atoms with van der Waals surface area (Å²) in [5.74, 6) is 0. The van der Waals surface area contributed by atoms with Crippen LogP contribution < -0.4 is 4.90 Å². The quantitative estimate of drug-likeness (QED) is 0.425. The summed E-state index contributed by atoms with van der Waals surface area (Å²) < 4.78 is 27.4. The Morgan fingerprint density at radius 3 is 2.37 bits per heavy atom. The number of hydrogen-bond acceptors (Lipinski definition) is 5. The maximum Gasteiger partial charge on any atom is 0.244 e. The molecule has 3 aromatic rings. The fraction of sp³-hybridized carbons (Fsp3) is 0.211. The number of benzene rings is 2. The van der Waals surface area contributed by atoms with Crippen LogP contribution in [0, 0.1) is 0 Å². The van der Waals surface area contributed by atoms with Gasteiger partial charge in [-0.05, 0) is 30.3 Å². The standard InChI is InChI=1S/C19H15Cl4N3O2S2/c20-12-4-5-13(15(22)10-12)16-11-29-19(24-16)25-6-8-26(9-7-25)30(27,28)17-3-1-2-14(21)18(17)23/h1-5,10-11H,6-9H2. The van der Waals surface area contributed by atoms with Gasteiger partial charge in [0.05, 0.1) is 20.8 Å². The lowest BCUT2D eigenvalue weighted by Crippen LogP contribution is -2.48. The molecule has 1 aromatic heterocycles. The van der Waals surface area contributed by atoms with E-state index in [0.29, 0.717) is 36.2 Å². The molecule has 1 aliphatic rings. The number of aromatic nitrogens is 1. The lowest BCUT2D eigenvalue weighted by molar-refractivity contribution is 0.385. The number of nitrogens with zero attached hydrogens (tertiary/aromatic N) is 3. The van der Waals surface area contributed by atoms with Crippen LogP contribution in [0.5, 0.6) is 0 Å². The van der Waals surface area contributed by atoms with Crippen LogP contribution in [-0.2, 0) is 10.0 Å². The number of piperazine rings is 1. The van der Waals surface area contributed by atoms with Crippen molar-refractivity contribution in [3.8, 4) is 11.3 Å². The summed E-state index contributed by atoms with van der Waals surface area (Å²) in [4.78, 5) is 6.76. The predicted molar refractivity (Wildman–Crippen MR) is 125 cm³/mol. The van der Waals surface area contributed by atoms with Gasteiger partial charge < -0.3 is 4.90 Å². The average Bonchev–Trinajstić information content (AvgIpc) is 3.20. The second-order valence-corrected chi connectivity index (χ2v) is 11.0. The Labute approximate surface area is 198 Å². The number of rotatable bonds is 4. The lowest BCUT2D eigenvalue weighted by atomic mass is 10.2. The molecule has 2 aromatic carbocycles. The Bertz CT molecular complexity index is 1190. The van der Waals surface area contributed by atoms with Crippen LogP contribution in [-0.4, -0.2) is 43.9 Å². The van der Waals surface area contributed by atoms with Crippen molar-refractivity contribution in [1.29, 1.82) is 0 Å². The number of hydrogen-bond donors (Lipinski definition) is 0. The van der Waals surface area contributed by atoms with Crippen molar-refractivity contribution in [2.75, 3.05) is 31.1 Å². The molecular formula is C19H15Cl4N3O2S2. The van der Waals surface area contributed by atoms with Gasteiger partial charge in [-0.3, -0.25) is 0 Å². The van der Waals surface area contributed by atoms with Crippen molar-refractivity contribution >= 4 is 72.9 Å². The largest absolute Gasteiger partial charge is 0.345 e. The Balaban J connectivity index is 1.49. The van der Waals surface area contributed by atoms with Crippen molar-refractivity contribution in [3.05, 3.63) is 61.9 Å². The summed E-state index contributed by atoms with van der Waals surface area (Å²) in [5.41, 5.74) is 1.57. The molecule has 0 N–H and O–H groups in total. The molecular weight excluding hydrogens is 508 g/mol. The van der Waals surface area contributed by atoms with E-state index in [1.807, 2.05) is 11.4 Å². The molecule has 0 unspecified atom stereocenters. The molecule has 1 saturated heterocycles. The molecule has 0 atom stereocenters. The van der Waals surface area contributed by atoms with Gasteiger partial charge in [-0.1, -0.05) is 52.5 Å². The minimum atomic E-state index is -3.72. The molecule has 5 nitrogen and oxygen atoms in total. The molecule has 2 heterocycles. The normalized spacial score (nSPS) is 15.5. The van der Waals surface area contributed by atoms with Gasteiger partial charge in [-0.15, -0.1) is 11.3 Å². The number of thiazole rings is 1. The summed E-state index contributed by atoms with van der Waals surface area (Å²) in [7, 11) is -3.72. The van der Waals surface area contributed by atoms with E-state index in [9.17, 15) is 8.42 Å². The molecule has 0 bridgehead atoms. The van der Waals surface area contributed by atoms with Gasteiger partial charge in [0.1, 0.15) is 4.90 Å². The molecule has 0 aliphatic carbocycles. The van der Waals surface area contributed by atoms with E-state index in [1.54, 1.807) is 24.3 Å². The molecule has 158 valence electrons. The second-order valence-electron chi connectivity index (χ2n) is 6.58. The van der Waals surface area contributed by atoms with Crippen LogP contribution in [0.4, 0.5) is 5.13 Å². The minimum Gasteiger partial charge on any atom is -0.345 e. The van der Waals surface area contributed by atoms with Gasteiger partial charge >= 0.3 is 0 Å². The highest BCUT2D eigenvalue weighted by Crippen LogP contribution is 2.35. The Morgan fingerprint density at radius 2 is 1.67 bits per heavy atom. The number of anilines is 1. The van der Waals surface area contributed by atoms with E-state index in [2.05, 4.69) is 9.88 Å². The smallest absolute Gasteiger partial charge is 0.244 e. The Hall–Kier alpha value is -1.06. The zero-order valence-electron chi connectivity index (χ0n) is 15.4. The van der Waals surface area contributed by atoms with Gasteiger partial charge in [0.2, 0.25) is 10.0 Å². The molecule has 30 heavy (non-hydrogen) atoms. The summed E-state index contributed by atoms with van der Waals surface area (Å²) >= 11 is 25.9. The van der Waals surface area contributed by atoms with Crippen molar-refractivity contribution < 1.29 is 8.42 Å². The van der Waals surface area contributed by atoms with E-state index in [0.717, 1.165) is 16.4 Å². The maximum absolute atomic E-state index is 13.0. The highest BCUT2D eigenvalue weighted by molar-refractivity contribution is 7.89. The summed E-state index contributed by atoms with van der Waals surface area (Å²) in [6.07, 6.45) is 0. The van der Waals surface area contributed by atoms with Crippen molar-refractivity contribution in [1.82, 2.24) is 9.29 Å². The first-order valence-electron chi connectivity index (χ1n) is 8.87. The van der Waals surface area contributed by atoms with Crippen LogP contribution >= 0.6 is 57.7 Å². The maximum atomic E-state index is 13.0. The van der Waals surface area contributed by atoms with Crippen LogP contribution in [0.3, 0.4) is 0 Å². The third-order valence-electron chi connectivity index (χ3n) is 4.74. The van der Waals surface area contributed by atoms with Crippen molar-refractivity contribution in [2.45, 2.75) is 4.90 Å². The van der Waals surface area contributed by atoms with Crippen molar-refractivity contribution in [2.24, 2.45) is 0 Å². The van der Waals surface area contributed by atoms with E-state index >= 15 is 0 Å². The van der Waals surface area contributed by atoms with E-state index in [1.165, 1.54) is 21.7 Å². The van der Waals surface area contributed by atoms with Gasteiger partial charge in [0.25, 0.3) is 0 Å². The van der Waals surface area contributed by atoms with E-state index in [4.69, 9.17) is 46.4 Å². The lowest BCUT2D eigenvalue weighted by Gasteiger charge is -2.34. The van der Waals surface area contributed by atoms with Gasteiger partial charge in [0, 0.05) is 42.1 Å². The molecule has 0 spiro atoms. The Morgan fingerprint density at radius 1 is 0.933 bits per heavy atom. The SMILES string of the molecule is O=S(=O)(c1cccc(Cl)c1Cl)N1CCN(c2nc(-c3ccc(Cl)cc3Cl)cs2)CC1. The van der Waals surface area contributed by atoms with Gasteiger partial charge in [0.15, 0.2) is 5.13 Å². The highest BCUT2D eigenvalue weighted by atomic mass is 35.5. The number of sulfonamides is 1. The third-order valence-corrected chi connectivity index (χ3v) is 9.06. The fourth-order valence-electron chi connectivity index (χ4n) is 3.17. The van der Waals surface area contributed by atoms with Crippen LogP contribution in [0.25, 0.3) is 11.3 Å². The van der Waals surface area contributed by atoms with Gasteiger partial charge in [-0.2, -0.15) is 4.31 Å². The first kappa shape index (κ1) is 22.1. The van der Waals surface area contributed by atoms with Crippen molar-refractivity contribution in [3.63, 3.8) is 0 Å². The molecule has 0 saturated carbocycles. The molecule has 0 amide bonds. The first-order chi connectivity index (χ1) is 14.3. The van der Waals surface area contributed by atoms with Crippen LogP contribution in [0.15, 0.2) is 46.7 Å². The van der Waals surface area contributed by atoms with E-state index < -0.39 is 10.0 Å². The minimum absolute atomic E-state index is 0.0269. The zero-order valence-corrected chi connectivity index (χ0v) is 20.0. The summed E-state index contributed by atoms with van der Waals surface area (Å²) in [6.45, 7) is 1.67.